The van der Waals surface area contributed by atoms with Gasteiger partial charge in [-0.3, -0.25) is 9.59 Å². The van der Waals surface area contributed by atoms with E-state index in [0.29, 0.717) is 24.7 Å². The maximum absolute atomic E-state index is 12.3. The van der Waals surface area contributed by atoms with Crippen LogP contribution in [-0.4, -0.2) is 44.7 Å². The number of methoxy groups -OCH3 is 1. The van der Waals surface area contributed by atoms with Gasteiger partial charge >= 0.3 is 0 Å². The van der Waals surface area contributed by atoms with Crippen LogP contribution in [0.2, 0.25) is 0 Å². The summed E-state index contributed by atoms with van der Waals surface area (Å²) in [4.78, 5) is 26.2. The molecule has 1 fully saturated rings. The fourth-order valence-electron chi connectivity index (χ4n) is 3.05. The number of anilines is 1. The van der Waals surface area contributed by atoms with Crippen molar-refractivity contribution in [3.8, 4) is 17.2 Å². The van der Waals surface area contributed by atoms with Gasteiger partial charge in [0.15, 0.2) is 6.61 Å². The average molecular weight is 384 g/mol. The Balaban J connectivity index is 1.51. The number of rotatable bonds is 8. The van der Waals surface area contributed by atoms with Crippen molar-refractivity contribution in [1.29, 1.82) is 0 Å². The third-order valence-electron chi connectivity index (χ3n) is 4.36. The van der Waals surface area contributed by atoms with E-state index in [1.54, 1.807) is 36.3 Å². The monoisotopic (exact) mass is 384 g/mol. The van der Waals surface area contributed by atoms with Crippen LogP contribution in [0.4, 0.5) is 5.69 Å². The lowest BCUT2D eigenvalue weighted by atomic mass is 10.2. The molecule has 28 heavy (non-hydrogen) atoms. The summed E-state index contributed by atoms with van der Waals surface area (Å²) in [5.41, 5.74) is 0.790. The van der Waals surface area contributed by atoms with E-state index in [9.17, 15) is 9.59 Å². The van der Waals surface area contributed by atoms with Crippen LogP contribution in [0.1, 0.15) is 13.3 Å². The van der Waals surface area contributed by atoms with Gasteiger partial charge in [-0.15, -0.1) is 0 Å². The molecular formula is C21H24N2O5. The summed E-state index contributed by atoms with van der Waals surface area (Å²) >= 11 is 0. The van der Waals surface area contributed by atoms with Crippen molar-refractivity contribution in [2.75, 3.05) is 31.8 Å². The molecule has 0 saturated carbocycles. The lowest BCUT2D eigenvalue weighted by molar-refractivity contribution is -0.123. The minimum absolute atomic E-state index is 0.0248. The smallest absolute Gasteiger partial charge is 0.258 e. The zero-order valence-corrected chi connectivity index (χ0v) is 16.0. The SMILES string of the molecule is CCOc1ccc(N2C[C@@H](NC(=O)COc3cccc(OC)c3)CC2=O)cc1. The van der Waals surface area contributed by atoms with E-state index in [2.05, 4.69) is 5.32 Å². The third-order valence-corrected chi connectivity index (χ3v) is 4.36. The first-order valence-corrected chi connectivity index (χ1v) is 9.18. The van der Waals surface area contributed by atoms with Crippen LogP contribution in [-0.2, 0) is 9.59 Å². The number of hydrogen-bond donors (Lipinski definition) is 1. The molecule has 1 aliphatic heterocycles. The standard InChI is InChI=1S/C21H24N2O5/c1-3-27-17-9-7-16(8-10-17)23-13-15(11-21(23)25)22-20(24)14-28-19-6-4-5-18(12-19)26-2/h4-10,12,15H,3,11,13-14H2,1-2H3,(H,22,24)/t15-/m0/s1. The Morgan fingerprint density at radius 2 is 1.86 bits per heavy atom. The fourth-order valence-corrected chi connectivity index (χ4v) is 3.05. The van der Waals surface area contributed by atoms with Crippen LogP contribution in [0.5, 0.6) is 17.2 Å². The maximum Gasteiger partial charge on any atom is 0.258 e. The number of carbonyl (C=O) groups excluding carboxylic acids is 2. The van der Waals surface area contributed by atoms with Crippen molar-refractivity contribution in [2.45, 2.75) is 19.4 Å². The quantitative estimate of drug-likeness (QED) is 0.756. The van der Waals surface area contributed by atoms with Crippen molar-refractivity contribution >= 4 is 17.5 Å². The molecule has 148 valence electrons. The minimum Gasteiger partial charge on any atom is -0.497 e. The van der Waals surface area contributed by atoms with Gasteiger partial charge in [-0.1, -0.05) is 6.07 Å². The Morgan fingerprint density at radius 3 is 2.57 bits per heavy atom. The number of nitrogens with one attached hydrogen (secondary N) is 1. The molecule has 0 bridgehead atoms. The van der Waals surface area contributed by atoms with Gasteiger partial charge in [-0.25, -0.2) is 0 Å². The van der Waals surface area contributed by atoms with Gasteiger partial charge in [0.25, 0.3) is 5.91 Å². The number of amides is 2. The lowest BCUT2D eigenvalue weighted by Crippen LogP contribution is -2.39. The number of nitrogens with zero attached hydrogens (tertiary/aromatic N) is 1. The van der Waals surface area contributed by atoms with Gasteiger partial charge in [-0.2, -0.15) is 0 Å². The maximum atomic E-state index is 12.3. The molecule has 2 aromatic carbocycles. The fraction of sp³-hybridized carbons (Fsp3) is 0.333. The van der Waals surface area contributed by atoms with Crippen molar-refractivity contribution in [1.82, 2.24) is 5.32 Å². The molecule has 1 N–H and O–H groups in total. The molecular weight excluding hydrogens is 360 g/mol. The zero-order valence-electron chi connectivity index (χ0n) is 16.0. The molecule has 1 aliphatic rings. The second-order valence-corrected chi connectivity index (χ2v) is 6.37. The summed E-state index contributed by atoms with van der Waals surface area (Å²) in [5, 5.41) is 2.86. The lowest BCUT2D eigenvalue weighted by Gasteiger charge is -2.18. The van der Waals surface area contributed by atoms with Crippen molar-refractivity contribution < 1.29 is 23.8 Å². The largest absolute Gasteiger partial charge is 0.497 e. The number of carbonyl (C=O) groups is 2. The molecule has 7 nitrogen and oxygen atoms in total. The second kappa shape index (κ2) is 9.12. The molecule has 0 aromatic heterocycles. The van der Waals surface area contributed by atoms with Crippen LogP contribution in [0, 0.1) is 0 Å². The molecule has 2 amide bonds. The highest BCUT2D eigenvalue weighted by Crippen LogP contribution is 2.24. The van der Waals surface area contributed by atoms with Gasteiger partial charge in [-0.05, 0) is 43.3 Å². The van der Waals surface area contributed by atoms with Crippen LogP contribution in [0.15, 0.2) is 48.5 Å². The van der Waals surface area contributed by atoms with Crippen molar-refractivity contribution in [2.24, 2.45) is 0 Å². The Hall–Kier alpha value is -3.22. The van der Waals surface area contributed by atoms with Crippen molar-refractivity contribution in [3.63, 3.8) is 0 Å². The topological polar surface area (TPSA) is 77.1 Å². The first-order chi connectivity index (χ1) is 13.6. The van der Waals surface area contributed by atoms with E-state index in [-0.39, 0.29) is 30.9 Å². The van der Waals surface area contributed by atoms with E-state index in [4.69, 9.17) is 14.2 Å². The van der Waals surface area contributed by atoms with Crippen molar-refractivity contribution in [3.05, 3.63) is 48.5 Å². The molecule has 0 radical (unpaired) electrons. The zero-order chi connectivity index (χ0) is 19.9. The van der Waals surface area contributed by atoms with E-state index < -0.39 is 0 Å². The Bertz CT molecular complexity index is 822. The predicted molar refractivity (Wildman–Crippen MR) is 105 cm³/mol. The normalized spacial score (nSPS) is 16.0. The number of ether oxygens (including phenoxy) is 3. The van der Waals surface area contributed by atoms with Gasteiger partial charge in [0.05, 0.1) is 19.8 Å². The van der Waals surface area contributed by atoms with Crippen LogP contribution < -0.4 is 24.4 Å². The summed E-state index contributed by atoms with van der Waals surface area (Å²) in [5.74, 6) is 1.67. The Morgan fingerprint density at radius 1 is 1.11 bits per heavy atom. The summed E-state index contributed by atoms with van der Waals surface area (Å²) in [6, 6.07) is 14.2. The average Bonchev–Trinajstić information content (AvgIpc) is 3.07. The van der Waals surface area contributed by atoms with Crippen LogP contribution in [0.25, 0.3) is 0 Å². The third kappa shape index (κ3) is 4.94. The van der Waals surface area contributed by atoms with E-state index in [0.717, 1.165) is 11.4 Å². The molecule has 0 unspecified atom stereocenters. The van der Waals surface area contributed by atoms with Gasteiger partial charge in [0.1, 0.15) is 17.2 Å². The van der Waals surface area contributed by atoms with E-state index in [1.165, 1.54) is 0 Å². The summed E-state index contributed by atoms with van der Waals surface area (Å²) in [7, 11) is 1.57. The number of benzene rings is 2. The molecule has 1 atom stereocenters. The molecule has 1 heterocycles. The summed E-state index contributed by atoms with van der Waals surface area (Å²) in [6.45, 7) is 2.82. The van der Waals surface area contributed by atoms with Gasteiger partial charge < -0.3 is 24.4 Å². The highest BCUT2D eigenvalue weighted by molar-refractivity contribution is 5.97. The van der Waals surface area contributed by atoms with E-state index >= 15 is 0 Å². The van der Waals surface area contributed by atoms with E-state index in [1.807, 2.05) is 31.2 Å². The molecule has 1 saturated heterocycles. The highest BCUT2D eigenvalue weighted by atomic mass is 16.5. The molecule has 3 rings (SSSR count). The second-order valence-electron chi connectivity index (χ2n) is 6.37. The molecule has 0 spiro atoms. The molecule has 2 aromatic rings. The van der Waals surface area contributed by atoms with Gasteiger partial charge in [0, 0.05) is 24.7 Å². The summed E-state index contributed by atoms with van der Waals surface area (Å²) in [6.07, 6.45) is 0.262. The number of hydrogen-bond acceptors (Lipinski definition) is 5. The van der Waals surface area contributed by atoms with Gasteiger partial charge in [0.2, 0.25) is 5.91 Å². The highest BCUT2D eigenvalue weighted by Gasteiger charge is 2.31. The Labute approximate surface area is 164 Å². The molecule has 7 heteroatoms. The molecule has 0 aliphatic carbocycles. The van der Waals surface area contributed by atoms with Crippen LogP contribution in [0.3, 0.4) is 0 Å². The first kappa shape index (κ1) is 19.5. The minimum atomic E-state index is -0.269. The van der Waals surface area contributed by atoms with Crippen LogP contribution >= 0.6 is 0 Å². The summed E-state index contributed by atoms with van der Waals surface area (Å²) < 4.78 is 16.0. The Kier molecular flexibility index (Phi) is 6.37. The predicted octanol–water partition coefficient (Wildman–Crippen LogP) is 2.39. The first-order valence-electron chi connectivity index (χ1n) is 9.18.